The van der Waals surface area contributed by atoms with Gasteiger partial charge in [0.1, 0.15) is 5.82 Å². The van der Waals surface area contributed by atoms with E-state index < -0.39 is 0 Å². The standard InChI is InChI=1S/C9H10FN3/c10-8-3-1-2-7-6-12-9(4-5-11)13(7)8/h1-3,6H,4-5,11H2. The van der Waals surface area contributed by atoms with Crippen molar-refractivity contribution in [2.75, 3.05) is 6.54 Å². The van der Waals surface area contributed by atoms with Gasteiger partial charge in [0.15, 0.2) is 5.95 Å². The first-order chi connectivity index (χ1) is 6.33. The van der Waals surface area contributed by atoms with Crippen molar-refractivity contribution in [2.24, 2.45) is 5.73 Å². The van der Waals surface area contributed by atoms with Crippen molar-refractivity contribution in [1.82, 2.24) is 9.38 Å². The smallest absolute Gasteiger partial charge is 0.199 e. The summed E-state index contributed by atoms with van der Waals surface area (Å²) in [6, 6.07) is 4.89. The Bertz CT molecular complexity index is 422. The Morgan fingerprint density at radius 1 is 1.46 bits per heavy atom. The van der Waals surface area contributed by atoms with Gasteiger partial charge in [-0.05, 0) is 18.7 Å². The van der Waals surface area contributed by atoms with E-state index in [-0.39, 0.29) is 5.95 Å². The van der Waals surface area contributed by atoms with Crippen LogP contribution >= 0.6 is 0 Å². The van der Waals surface area contributed by atoms with Crippen molar-refractivity contribution in [3.05, 3.63) is 36.2 Å². The fourth-order valence-corrected chi connectivity index (χ4v) is 1.38. The number of imidazole rings is 1. The van der Waals surface area contributed by atoms with Crippen LogP contribution in [0.3, 0.4) is 0 Å². The van der Waals surface area contributed by atoms with E-state index in [9.17, 15) is 4.39 Å². The minimum absolute atomic E-state index is 0.293. The average Bonchev–Trinajstić information content (AvgIpc) is 2.51. The topological polar surface area (TPSA) is 43.3 Å². The number of rotatable bonds is 2. The van der Waals surface area contributed by atoms with Gasteiger partial charge in [-0.25, -0.2) is 4.98 Å². The molecule has 0 aliphatic carbocycles. The minimum atomic E-state index is -0.293. The molecule has 4 heteroatoms. The van der Waals surface area contributed by atoms with Crippen molar-refractivity contribution in [3.63, 3.8) is 0 Å². The fourth-order valence-electron chi connectivity index (χ4n) is 1.38. The molecular formula is C9H10FN3. The predicted molar refractivity (Wildman–Crippen MR) is 47.9 cm³/mol. The number of fused-ring (bicyclic) bond motifs is 1. The van der Waals surface area contributed by atoms with Crippen molar-refractivity contribution in [2.45, 2.75) is 6.42 Å². The monoisotopic (exact) mass is 179 g/mol. The summed E-state index contributed by atoms with van der Waals surface area (Å²) in [5.41, 5.74) is 6.15. The van der Waals surface area contributed by atoms with Crippen molar-refractivity contribution in [1.29, 1.82) is 0 Å². The van der Waals surface area contributed by atoms with Gasteiger partial charge in [0, 0.05) is 6.42 Å². The van der Waals surface area contributed by atoms with Gasteiger partial charge in [-0.15, -0.1) is 0 Å². The number of nitrogens with two attached hydrogens (primary N) is 1. The number of aromatic nitrogens is 2. The van der Waals surface area contributed by atoms with E-state index in [1.165, 1.54) is 10.5 Å². The van der Waals surface area contributed by atoms with Gasteiger partial charge in [-0.1, -0.05) is 6.07 Å². The quantitative estimate of drug-likeness (QED) is 0.698. The zero-order valence-electron chi connectivity index (χ0n) is 7.07. The largest absolute Gasteiger partial charge is 0.330 e. The van der Waals surface area contributed by atoms with Gasteiger partial charge in [-0.3, -0.25) is 4.40 Å². The van der Waals surface area contributed by atoms with Gasteiger partial charge in [0.05, 0.1) is 11.7 Å². The highest BCUT2D eigenvalue weighted by Crippen LogP contribution is 2.09. The van der Waals surface area contributed by atoms with Crippen LogP contribution in [0.25, 0.3) is 5.52 Å². The first kappa shape index (κ1) is 8.19. The lowest BCUT2D eigenvalue weighted by Gasteiger charge is -2.00. The van der Waals surface area contributed by atoms with Gasteiger partial charge in [0.25, 0.3) is 0 Å². The molecule has 0 amide bonds. The third-order valence-electron chi connectivity index (χ3n) is 1.94. The fraction of sp³-hybridized carbons (Fsp3) is 0.222. The Hall–Kier alpha value is -1.42. The van der Waals surface area contributed by atoms with Crippen LogP contribution < -0.4 is 5.73 Å². The zero-order valence-corrected chi connectivity index (χ0v) is 7.07. The molecule has 0 saturated carbocycles. The first-order valence-electron chi connectivity index (χ1n) is 4.14. The van der Waals surface area contributed by atoms with Crippen LogP contribution in [0.4, 0.5) is 4.39 Å². The average molecular weight is 179 g/mol. The van der Waals surface area contributed by atoms with Crippen LogP contribution in [0, 0.1) is 5.95 Å². The lowest BCUT2D eigenvalue weighted by molar-refractivity contribution is 0.557. The Morgan fingerprint density at radius 2 is 2.31 bits per heavy atom. The van der Waals surface area contributed by atoms with Crippen molar-refractivity contribution in [3.8, 4) is 0 Å². The molecule has 2 N–H and O–H groups in total. The molecule has 0 aliphatic heterocycles. The maximum atomic E-state index is 13.3. The molecule has 2 aromatic rings. The molecule has 0 aliphatic rings. The number of hydrogen-bond acceptors (Lipinski definition) is 2. The van der Waals surface area contributed by atoms with Crippen molar-refractivity contribution >= 4 is 5.52 Å². The number of hydrogen-bond donors (Lipinski definition) is 1. The van der Waals surface area contributed by atoms with Crippen LogP contribution in [0.1, 0.15) is 5.82 Å². The Kier molecular flexibility index (Phi) is 1.98. The molecule has 0 bridgehead atoms. The number of nitrogens with zero attached hydrogens (tertiary/aromatic N) is 2. The van der Waals surface area contributed by atoms with E-state index in [0.29, 0.717) is 18.8 Å². The lowest BCUT2D eigenvalue weighted by Crippen LogP contribution is -2.07. The van der Waals surface area contributed by atoms with E-state index in [1.807, 2.05) is 6.07 Å². The van der Waals surface area contributed by atoms with Gasteiger partial charge >= 0.3 is 0 Å². The summed E-state index contributed by atoms with van der Waals surface area (Å²) in [6.07, 6.45) is 2.24. The number of pyridine rings is 1. The van der Waals surface area contributed by atoms with Crippen LogP contribution in [0.2, 0.25) is 0 Å². The minimum Gasteiger partial charge on any atom is -0.330 e. The van der Waals surface area contributed by atoms with Gasteiger partial charge < -0.3 is 5.73 Å². The molecule has 0 unspecified atom stereocenters. The molecule has 2 rings (SSSR count). The van der Waals surface area contributed by atoms with Crippen LogP contribution in [-0.2, 0) is 6.42 Å². The van der Waals surface area contributed by atoms with Gasteiger partial charge in [-0.2, -0.15) is 4.39 Å². The Balaban J connectivity index is 2.64. The second-order valence-corrected chi connectivity index (χ2v) is 2.82. The lowest BCUT2D eigenvalue weighted by atomic mass is 10.4. The van der Waals surface area contributed by atoms with Crippen LogP contribution in [0.5, 0.6) is 0 Å². The summed E-state index contributed by atoms with van der Waals surface area (Å²) in [6.45, 7) is 0.480. The summed E-state index contributed by atoms with van der Waals surface area (Å²) >= 11 is 0. The molecular weight excluding hydrogens is 169 g/mol. The molecule has 2 aromatic heterocycles. The number of halogens is 1. The van der Waals surface area contributed by atoms with Crippen molar-refractivity contribution < 1.29 is 4.39 Å². The van der Waals surface area contributed by atoms with E-state index >= 15 is 0 Å². The molecule has 2 heterocycles. The molecule has 68 valence electrons. The van der Waals surface area contributed by atoms with Gasteiger partial charge in [0.2, 0.25) is 0 Å². The molecule has 13 heavy (non-hydrogen) atoms. The predicted octanol–water partition coefficient (Wildman–Crippen LogP) is 0.975. The van der Waals surface area contributed by atoms with E-state index in [0.717, 1.165) is 5.52 Å². The molecule has 0 aromatic carbocycles. The first-order valence-corrected chi connectivity index (χ1v) is 4.14. The molecule has 0 radical (unpaired) electrons. The second kappa shape index (κ2) is 3.14. The normalized spacial score (nSPS) is 10.9. The summed E-state index contributed by atoms with van der Waals surface area (Å²) in [5.74, 6) is 0.383. The van der Waals surface area contributed by atoms with E-state index in [1.54, 1.807) is 12.3 Å². The molecule has 0 atom stereocenters. The highest BCUT2D eigenvalue weighted by molar-refractivity contribution is 5.45. The molecule has 0 fully saturated rings. The third kappa shape index (κ3) is 1.29. The third-order valence-corrected chi connectivity index (χ3v) is 1.94. The zero-order chi connectivity index (χ0) is 9.26. The van der Waals surface area contributed by atoms with E-state index in [2.05, 4.69) is 4.98 Å². The summed E-state index contributed by atoms with van der Waals surface area (Å²) in [7, 11) is 0. The SMILES string of the molecule is NCCc1ncc2cccc(F)n12. The summed E-state index contributed by atoms with van der Waals surface area (Å²) in [4.78, 5) is 4.09. The highest BCUT2D eigenvalue weighted by Gasteiger charge is 2.05. The second-order valence-electron chi connectivity index (χ2n) is 2.82. The molecule has 0 saturated heterocycles. The molecule has 0 spiro atoms. The maximum absolute atomic E-state index is 13.3. The van der Waals surface area contributed by atoms with Crippen LogP contribution in [0.15, 0.2) is 24.4 Å². The Labute approximate surface area is 75.0 Å². The summed E-state index contributed by atoms with van der Waals surface area (Å²) < 4.78 is 14.8. The van der Waals surface area contributed by atoms with Crippen LogP contribution in [-0.4, -0.2) is 15.9 Å². The highest BCUT2D eigenvalue weighted by atomic mass is 19.1. The molecule has 3 nitrogen and oxygen atoms in total. The maximum Gasteiger partial charge on any atom is 0.199 e. The summed E-state index contributed by atoms with van der Waals surface area (Å²) in [5, 5.41) is 0. The van der Waals surface area contributed by atoms with E-state index in [4.69, 9.17) is 5.73 Å². The Morgan fingerprint density at radius 3 is 3.08 bits per heavy atom.